The van der Waals surface area contributed by atoms with Crippen LogP contribution in [0.1, 0.15) is 23.9 Å². The van der Waals surface area contributed by atoms with Crippen LogP contribution in [0.3, 0.4) is 0 Å². The molecule has 0 atom stereocenters. The molecule has 3 nitrogen and oxygen atoms in total. The quantitative estimate of drug-likeness (QED) is 0.931. The van der Waals surface area contributed by atoms with E-state index in [0.717, 1.165) is 17.8 Å². The van der Waals surface area contributed by atoms with E-state index in [9.17, 15) is 8.78 Å². The highest BCUT2D eigenvalue weighted by atomic mass is 19.1. The summed E-state index contributed by atoms with van der Waals surface area (Å²) in [5.74, 6) is -1.86. The van der Waals surface area contributed by atoms with Gasteiger partial charge in [-0.05, 0) is 43.2 Å². The standard InChI is InChI=1S/C15H15F2NO2/c1-3-13-14(5-4-9(2)18-13)20-15-11(16)6-10(8-19)7-12(15)17/h4-7,19H,3,8H2,1-2H3. The van der Waals surface area contributed by atoms with Gasteiger partial charge in [0.25, 0.3) is 0 Å². The zero-order valence-corrected chi connectivity index (χ0v) is 11.3. The summed E-state index contributed by atoms with van der Waals surface area (Å²) >= 11 is 0. The molecule has 5 heteroatoms. The predicted molar refractivity (Wildman–Crippen MR) is 70.7 cm³/mol. The van der Waals surface area contributed by atoms with Gasteiger partial charge in [0.05, 0.1) is 12.3 Å². The highest BCUT2D eigenvalue weighted by Gasteiger charge is 2.15. The molecule has 0 saturated carbocycles. The first-order valence-electron chi connectivity index (χ1n) is 6.28. The lowest BCUT2D eigenvalue weighted by Gasteiger charge is -2.12. The molecule has 20 heavy (non-hydrogen) atoms. The van der Waals surface area contributed by atoms with Gasteiger partial charge in [-0.3, -0.25) is 4.98 Å². The van der Waals surface area contributed by atoms with Crippen LogP contribution in [0.15, 0.2) is 24.3 Å². The smallest absolute Gasteiger partial charge is 0.198 e. The first kappa shape index (κ1) is 14.4. The van der Waals surface area contributed by atoms with Gasteiger partial charge in [-0.1, -0.05) is 6.92 Å². The molecule has 0 saturated heterocycles. The lowest BCUT2D eigenvalue weighted by molar-refractivity contribution is 0.279. The van der Waals surface area contributed by atoms with E-state index in [-0.39, 0.29) is 5.56 Å². The van der Waals surface area contributed by atoms with E-state index in [1.807, 2.05) is 13.8 Å². The van der Waals surface area contributed by atoms with Crippen molar-refractivity contribution >= 4 is 0 Å². The van der Waals surface area contributed by atoms with Crippen molar-refractivity contribution in [2.75, 3.05) is 0 Å². The second-order valence-electron chi connectivity index (χ2n) is 4.40. The molecular weight excluding hydrogens is 264 g/mol. The summed E-state index contributed by atoms with van der Waals surface area (Å²) in [7, 11) is 0. The van der Waals surface area contributed by atoms with E-state index < -0.39 is 24.0 Å². The van der Waals surface area contributed by atoms with Gasteiger partial charge < -0.3 is 9.84 Å². The molecule has 0 spiro atoms. The number of ether oxygens (including phenoxy) is 1. The number of pyridine rings is 1. The van der Waals surface area contributed by atoms with Crippen LogP contribution in [-0.4, -0.2) is 10.1 Å². The van der Waals surface area contributed by atoms with Gasteiger partial charge in [0.1, 0.15) is 5.75 Å². The monoisotopic (exact) mass is 279 g/mol. The molecule has 1 heterocycles. The van der Waals surface area contributed by atoms with Crippen molar-refractivity contribution in [1.29, 1.82) is 0 Å². The highest BCUT2D eigenvalue weighted by Crippen LogP contribution is 2.30. The maximum absolute atomic E-state index is 13.8. The normalized spacial score (nSPS) is 10.7. The third-order valence-electron chi connectivity index (χ3n) is 2.86. The lowest BCUT2D eigenvalue weighted by atomic mass is 10.2. The molecule has 0 fully saturated rings. The SMILES string of the molecule is CCc1nc(C)ccc1Oc1c(F)cc(CO)cc1F. The number of aliphatic hydroxyl groups is 1. The Morgan fingerprint density at radius 1 is 1.20 bits per heavy atom. The molecule has 0 aliphatic carbocycles. The van der Waals surface area contributed by atoms with E-state index >= 15 is 0 Å². The number of aliphatic hydroxyl groups excluding tert-OH is 1. The van der Waals surface area contributed by atoms with Crippen LogP contribution >= 0.6 is 0 Å². The number of rotatable bonds is 4. The second-order valence-corrected chi connectivity index (χ2v) is 4.40. The lowest BCUT2D eigenvalue weighted by Crippen LogP contribution is -2.00. The van der Waals surface area contributed by atoms with Crippen LogP contribution in [0.4, 0.5) is 8.78 Å². The molecule has 1 aromatic carbocycles. The van der Waals surface area contributed by atoms with Crippen LogP contribution in [-0.2, 0) is 13.0 Å². The van der Waals surface area contributed by atoms with E-state index in [2.05, 4.69) is 4.98 Å². The molecule has 106 valence electrons. The molecule has 0 unspecified atom stereocenters. The molecule has 2 aromatic rings. The van der Waals surface area contributed by atoms with E-state index in [1.165, 1.54) is 0 Å². The topological polar surface area (TPSA) is 42.4 Å². The minimum Gasteiger partial charge on any atom is -0.449 e. The minimum atomic E-state index is -0.850. The fourth-order valence-electron chi connectivity index (χ4n) is 1.86. The molecule has 2 rings (SSSR count). The molecular formula is C15H15F2NO2. The molecule has 0 amide bonds. The van der Waals surface area contributed by atoms with Crippen LogP contribution < -0.4 is 4.74 Å². The molecule has 0 aliphatic rings. The summed E-state index contributed by atoms with van der Waals surface area (Å²) in [4.78, 5) is 4.27. The Kier molecular flexibility index (Phi) is 4.29. The van der Waals surface area contributed by atoms with Gasteiger partial charge in [-0.2, -0.15) is 0 Å². The van der Waals surface area contributed by atoms with Gasteiger partial charge in [0.15, 0.2) is 17.4 Å². The number of aryl methyl sites for hydroxylation is 2. The van der Waals surface area contributed by atoms with Crippen LogP contribution in [0.2, 0.25) is 0 Å². The van der Waals surface area contributed by atoms with Gasteiger partial charge in [0, 0.05) is 5.69 Å². The van der Waals surface area contributed by atoms with Gasteiger partial charge in [-0.15, -0.1) is 0 Å². The fraction of sp³-hybridized carbons (Fsp3) is 0.267. The average Bonchev–Trinajstić information content (AvgIpc) is 2.43. The first-order chi connectivity index (χ1) is 9.55. The number of aromatic nitrogens is 1. The summed E-state index contributed by atoms with van der Waals surface area (Å²) in [6.07, 6.45) is 0.592. The van der Waals surface area contributed by atoms with Crippen molar-refractivity contribution in [3.63, 3.8) is 0 Å². The largest absolute Gasteiger partial charge is 0.449 e. The van der Waals surface area contributed by atoms with Crippen molar-refractivity contribution < 1.29 is 18.6 Å². The predicted octanol–water partition coefficient (Wildman–Crippen LogP) is 3.52. The van der Waals surface area contributed by atoms with E-state index in [1.54, 1.807) is 12.1 Å². The number of benzene rings is 1. The summed E-state index contributed by atoms with van der Waals surface area (Å²) < 4.78 is 32.9. The van der Waals surface area contributed by atoms with E-state index in [4.69, 9.17) is 9.84 Å². The fourth-order valence-corrected chi connectivity index (χ4v) is 1.86. The number of nitrogens with zero attached hydrogens (tertiary/aromatic N) is 1. The van der Waals surface area contributed by atoms with Gasteiger partial charge in [0.2, 0.25) is 0 Å². The third-order valence-corrected chi connectivity index (χ3v) is 2.86. The van der Waals surface area contributed by atoms with Crippen LogP contribution in [0.5, 0.6) is 11.5 Å². The third kappa shape index (κ3) is 2.93. The van der Waals surface area contributed by atoms with Crippen LogP contribution in [0.25, 0.3) is 0 Å². The second kappa shape index (κ2) is 5.96. The Bertz CT molecular complexity index is 606. The van der Waals surface area contributed by atoms with Gasteiger partial charge >= 0.3 is 0 Å². The molecule has 0 aliphatic heterocycles. The Morgan fingerprint density at radius 3 is 2.40 bits per heavy atom. The highest BCUT2D eigenvalue weighted by molar-refractivity contribution is 5.38. The summed E-state index contributed by atoms with van der Waals surface area (Å²) in [6.45, 7) is 3.29. The Balaban J connectivity index is 2.40. The zero-order chi connectivity index (χ0) is 14.7. The maximum atomic E-state index is 13.8. The number of halogens is 2. The first-order valence-corrected chi connectivity index (χ1v) is 6.28. The summed E-state index contributed by atoms with van der Waals surface area (Å²) in [5.41, 5.74) is 1.60. The molecule has 0 radical (unpaired) electrons. The van der Waals surface area contributed by atoms with Crippen molar-refractivity contribution in [2.45, 2.75) is 26.9 Å². The molecule has 1 N–H and O–H groups in total. The molecule has 0 bridgehead atoms. The van der Waals surface area contributed by atoms with Crippen molar-refractivity contribution in [3.05, 3.63) is 52.9 Å². The Morgan fingerprint density at radius 2 is 1.85 bits per heavy atom. The summed E-state index contributed by atoms with van der Waals surface area (Å²) in [5, 5.41) is 8.90. The number of hydrogen-bond acceptors (Lipinski definition) is 3. The average molecular weight is 279 g/mol. The molecule has 1 aromatic heterocycles. The van der Waals surface area contributed by atoms with Gasteiger partial charge in [-0.25, -0.2) is 8.78 Å². The Hall–Kier alpha value is -2.01. The van der Waals surface area contributed by atoms with Crippen molar-refractivity contribution in [3.8, 4) is 11.5 Å². The van der Waals surface area contributed by atoms with E-state index in [0.29, 0.717) is 17.9 Å². The minimum absolute atomic E-state index is 0.157. The zero-order valence-electron chi connectivity index (χ0n) is 11.3. The van der Waals surface area contributed by atoms with Crippen LogP contribution in [0, 0.1) is 18.6 Å². The number of hydrogen-bond donors (Lipinski definition) is 1. The van der Waals surface area contributed by atoms with Crippen molar-refractivity contribution in [2.24, 2.45) is 0 Å². The summed E-state index contributed by atoms with van der Waals surface area (Å²) in [6, 6.07) is 5.45. The maximum Gasteiger partial charge on any atom is 0.198 e. The van der Waals surface area contributed by atoms with Crippen molar-refractivity contribution in [1.82, 2.24) is 4.98 Å². The Labute approximate surface area is 115 Å².